The summed E-state index contributed by atoms with van der Waals surface area (Å²) in [4.78, 5) is 23.9. The standard InChI is InChI=1S/C22H23ClN4O2/c23-18-19-24-12-6-13-27(19)20(25-18)21(28)26-14-11-22(29,15-7-2-1-3-8-15)16-9-4-5-10-17(16)26/h1-3,6-8,12-13,16-17,29H,4-5,9-11,14H2/t16-,17?,22-/m1/s1. The Hall–Kier alpha value is -2.44. The lowest BCUT2D eigenvalue weighted by Crippen LogP contribution is -2.59. The van der Waals surface area contributed by atoms with E-state index in [2.05, 4.69) is 9.97 Å². The van der Waals surface area contributed by atoms with Crippen molar-refractivity contribution in [2.45, 2.75) is 43.7 Å². The zero-order valence-corrected chi connectivity index (χ0v) is 16.8. The molecular formula is C22H23ClN4O2. The molecule has 5 rings (SSSR count). The fourth-order valence-electron chi connectivity index (χ4n) is 5.19. The number of imidazole rings is 1. The molecule has 3 atom stereocenters. The fraction of sp³-hybridized carbons (Fsp3) is 0.409. The van der Waals surface area contributed by atoms with Crippen LogP contribution in [0.3, 0.4) is 0 Å². The number of rotatable bonds is 2. The van der Waals surface area contributed by atoms with Gasteiger partial charge in [-0.1, -0.05) is 54.8 Å². The van der Waals surface area contributed by atoms with Crippen LogP contribution < -0.4 is 0 Å². The SMILES string of the molecule is O=C(c1nc(Cl)c2ncccn12)N1CC[C@@](O)(c2ccccc2)[C@@H]2CCCCC21. The number of hydrogen-bond donors (Lipinski definition) is 1. The Kier molecular flexibility index (Phi) is 4.56. The molecule has 0 spiro atoms. The van der Waals surface area contributed by atoms with Gasteiger partial charge in [-0.2, -0.15) is 0 Å². The monoisotopic (exact) mass is 410 g/mol. The summed E-state index contributed by atoms with van der Waals surface area (Å²) in [5, 5.41) is 11.9. The van der Waals surface area contributed by atoms with Gasteiger partial charge >= 0.3 is 0 Å². The molecule has 2 fully saturated rings. The molecule has 1 saturated carbocycles. The molecule has 0 radical (unpaired) electrons. The third-order valence-corrected chi connectivity index (χ3v) is 6.82. The Morgan fingerprint density at radius 2 is 1.97 bits per heavy atom. The van der Waals surface area contributed by atoms with Gasteiger partial charge in [0.2, 0.25) is 5.82 Å². The van der Waals surface area contributed by atoms with E-state index in [4.69, 9.17) is 11.6 Å². The number of fused-ring (bicyclic) bond motifs is 2. The predicted octanol–water partition coefficient (Wildman–Crippen LogP) is 3.68. The highest BCUT2D eigenvalue weighted by molar-refractivity contribution is 6.32. The minimum atomic E-state index is -0.906. The number of piperidine rings is 1. The molecule has 1 aromatic carbocycles. The van der Waals surface area contributed by atoms with E-state index >= 15 is 0 Å². The van der Waals surface area contributed by atoms with E-state index < -0.39 is 5.60 Å². The molecule has 1 amide bonds. The van der Waals surface area contributed by atoms with E-state index in [0.717, 1.165) is 31.2 Å². The van der Waals surface area contributed by atoms with Crippen LogP contribution in [0.25, 0.3) is 5.65 Å². The van der Waals surface area contributed by atoms with Gasteiger partial charge < -0.3 is 10.0 Å². The van der Waals surface area contributed by atoms with Crippen LogP contribution in [0.1, 0.15) is 48.3 Å². The van der Waals surface area contributed by atoms with Gasteiger partial charge in [-0.05, 0) is 30.9 Å². The van der Waals surface area contributed by atoms with Crippen LogP contribution in [0.5, 0.6) is 0 Å². The first-order valence-corrected chi connectivity index (χ1v) is 10.5. The lowest BCUT2D eigenvalue weighted by Gasteiger charge is -2.52. The van der Waals surface area contributed by atoms with Crippen molar-refractivity contribution in [3.63, 3.8) is 0 Å². The minimum absolute atomic E-state index is 0.0103. The summed E-state index contributed by atoms with van der Waals surface area (Å²) in [6, 6.07) is 11.6. The number of aromatic nitrogens is 3. The molecule has 3 aromatic rings. The van der Waals surface area contributed by atoms with Gasteiger partial charge in [-0.25, -0.2) is 9.97 Å². The molecule has 1 aliphatic carbocycles. The van der Waals surface area contributed by atoms with Gasteiger partial charge in [0.1, 0.15) is 0 Å². The number of hydrogen-bond acceptors (Lipinski definition) is 4. The van der Waals surface area contributed by atoms with Gasteiger partial charge in [-0.3, -0.25) is 9.20 Å². The summed E-state index contributed by atoms with van der Waals surface area (Å²) >= 11 is 6.22. The maximum Gasteiger partial charge on any atom is 0.290 e. The van der Waals surface area contributed by atoms with E-state index in [-0.39, 0.29) is 28.8 Å². The lowest BCUT2D eigenvalue weighted by molar-refractivity contribution is -0.110. The summed E-state index contributed by atoms with van der Waals surface area (Å²) in [5.41, 5.74) is 0.523. The average molecular weight is 411 g/mol. The first-order valence-electron chi connectivity index (χ1n) is 10.2. The van der Waals surface area contributed by atoms with Gasteiger partial charge in [0, 0.05) is 30.9 Å². The molecule has 1 unspecified atom stereocenters. The smallest absolute Gasteiger partial charge is 0.290 e. The average Bonchev–Trinajstić information content (AvgIpc) is 3.11. The van der Waals surface area contributed by atoms with Crippen LogP contribution >= 0.6 is 11.6 Å². The molecule has 29 heavy (non-hydrogen) atoms. The molecule has 1 aliphatic heterocycles. The molecule has 0 bridgehead atoms. The van der Waals surface area contributed by atoms with Gasteiger partial charge in [-0.15, -0.1) is 0 Å². The Morgan fingerprint density at radius 1 is 1.17 bits per heavy atom. The molecule has 1 saturated heterocycles. The van der Waals surface area contributed by atoms with Crippen molar-refractivity contribution in [1.82, 2.24) is 19.3 Å². The number of benzene rings is 1. The second kappa shape index (κ2) is 7.11. The van der Waals surface area contributed by atoms with Gasteiger partial charge in [0.05, 0.1) is 5.60 Å². The van der Waals surface area contributed by atoms with Crippen LogP contribution in [0.15, 0.2) is 48.8 Å². The van der Waals surface area contributed by atoms with Crippen LogP contribution in [0.2, 0.25) is 5.15 Å². The zero-order valence-electron chi connectivity index (χ0n) is 16.0. The number of amides is 1. The molecule has 6 nitrogen and oxygen atoms in total. The van der Waals surface area contributed by atoms with Crippen molar-refractivity contribution < 1.29 is 9.90 Å². The Labute approximate surface area is 174 Å². The summed E-state index contributed by atoms with van der Waals surface area (Å²) in [6.45, 7) is 0.484. The van der Waals surface area contributed by atoms with Crippen molar-refractivity contribution in [2.75, 3.05) is 6.54 Å². The highest BCUT2D eigenvalue weighted by Gasteiger charge is 2.50. The summed E-state index contributed by atoms with van der Waals surface area (Å²) < 4.78 is 1.65. The number of aliphatic hydroxyl groups is 1. The maximum atomic E-state index is 13.5. The molecule has 2 aromatic heterocycles. The fourth-order valence-corrected chi connectivity index (χ4v) is 5.41. The van der Waals surface area contributed by atoms with E-state index in [1.807, 2.05) is 35.2 Å². The second-order valence-corrected chi connectivity index (χ2v) is 8.39. The van der Waals surface area contributed by atoms with E-state index in [1.165, 1.54) is 0 Å². The molecule has 2 aliphatic rings. The van der Waals surface area contributed by atoms with Crippen molar-refractivity contribution in [3.8, 4) is 0 Å². The molecular weight excluding hydrogens is 388 g/mol. The van der Waals surface area contributed by atoms with E-state index in [9.17, 15) is 9.90 Å². The normalized spacial score (nSPS) is 27.0. The lowest BCUT2D eigenvalue weighted by atomic mass is 9.66. The first kappa shape index (κ1) is 18.6. The minimum Gasteiger partial charge on any atom is -0.385 e. The summed E-state index contributed by atoms with van der Waals surface area (Å²) in [7, 11) is 0. The van der Waals surface area contributed by atoms with Crippen LogP contribution in [0.4, 0.5) is 0 Å². The van der Waals surface area contributed by atoms with Crippen LogP contribution in [-0.2, 0) is 5.60 Å². The van der Waals surface area contributed by atoms with Crippen LogP contribution in [-0.4, -0.2) is 42.9 Å². The highest BCUT2D eigenvalue weighted by atomic mass is 35.5. The zero-order chi connectivity index (χ0) is 20.0. The maximum absolute atomic E-state index is 13.5. The second-order valence-electron chi connectivity index (χ2n) is 8.04. The number of likely N-dealkylation sites (tertiary alicyclic amines) is 1. The van der Waals surface area contributed by atoms with Crippen LogP contribution in [0, 0.1) is 5.92 Å². The van der Waals surface area contributed by atoms with Gasteiger partial charge in [0.15, 0.2) is 10.8 Å². The van der Waals surface area contributed by atoms with Gasteiger partial charge in [0.25, 0.3) is 5.91 Å². The quantitative estimate of drug-likeness (QED) is 0.699. The number of carbonyl (C=O) groups is 1. The largest absolute Gasteiger partial charge is 0.385 e. The van der Waals surface area contributed by atoms with E-state index in [0.29, 0.717) is 18.6 Å². The molecule has 1 N–H and O–H groups in total. The van der Waals surface area contributed by atoms with Crippen molar-refractivity contribution in [1.29, 1.82) is 0 Å². The third kappa shape index (κ3) is 2.93. The topological polar surface area (TPSA) is 70.7 Å². The number of carbonyl (C=O) groups excluding carboxylic acids is 1. The first-order chi connectivity index (χ1) is 14.1. The molecule has 3 heterocycles. The van der Waals surface area contributed by atoms with Crippen molar-refractivity contribution in [2.24, 2.45) is 5.92 Å². The summed E-state index contributed by atoms with van der Waals surface area (Å²) in [5.74, 6) is 0.149. The number of nitrogens with zero attached hydrogens (tertiary/aromatic N) is 4. The molecule has 7 heteroatoms. The van der Waals surface area contributed by atoms with E-state index in [1.54, 1.807) is 22.9 Å². The Morgan fingerprint density at radius 3 is 2.79 bits per heavy atom. The Bertz CT molecular complexity index is 1050. The number of halogens is 1. The summed E-state index contributed by atoms with van der Waals surface area (Å²) in [6.07, 6.45) is 7.83. The van der Waals surface area contributed by atoms with Crippen molar-refractivity contribution >= 4 is 23.2 Å². The predicted molar refractivity (Wildman–Crippen MR) is 110 cm³/mol. The Balaban J connectivity index is 1.51. The highest BCUT2D eigenvalue weighted by Crippen LogP contribution is 2.47. The third-order valence-electron chi connectivity index (χ3n) is 6.57. The molecule has 150 valence electrons. The van der Waals surface area contributed by atoms with Crippen molar-refractivity contribution in [3.05, 3.63) is 65.3 Å².